The van der Waals surface area contributed by atoms with E-state index in [0.717, 1.165) is 32.3 Å². The predicted molar refractivity (Wildman–Crippen MR) is 81.0 cm³/mol. The first-order valence-corrected chi connectivity index (χ1v) is 7.68. The zero-order valence-corrected chi connectivity index (χ0v) is 12.9. The van der Waals surface area contributed by atoms with Gasteiger partial charge in [0.2, 0.25) is 5.91 Å². The lowest BCUT2D eigenvalue weighted by Gasteiger charge is -2.28. The number of carbonyl (C=O) groups excluding carboxylic acids is 1. The highest BCUT2D eigenvalue weighted by Gasteiger charge is 2.26. The number of rotatable bonds is 8. The second kappa shape index (κ2) is 8.48. The van der Waals surface area contributed by atoms with E-state index in [0.29, 0.717) is 24.5 Å². The van der Waals surface area contributed by atoms with Gasteiger partial charge in [0.25, 0.3) is 0 Å². The zero-order valence-electron chi connectivity index (χ0n) is 12.1. The van der Waals surface area contributed by atoms with Crippen molar-refractivity contribution >= 4 is 23.1 Å². The minimum atomic E-state index is 0.104. The van der Waals surface area contributed by atoms with Crippen LogP contribution in [0.15, 0.2) is 0 Å². The fraction of sp³-hybridized carbons (Fsp3) is 0.857. The molecule has 0 radical (unpaired) electrons. The topological polar surface area (TPSA) is 55.6 Å². The highest BCUT2D eigenvalue weighted by atomic mass is 32.1. The number of nitrogens with two attached hydrogens (primary N) is 1. The Kier molecular flexibility index (Phi) is 7.31. The average molecular weight is 286 g/mol. The maximum atomic E-state index is 12.5. The predicted octanol–water partition coefficient (Wildman–Crippen LogP) is 2.11. The molecule has 1 aliphatic heterocycles. The van der Waals surface area contributed by atoms with Gasteiger partial charge in [0.05, 0.1) is 11.1 Å². The summed E-state index contributed by atoms with van der Waals surface area (Å²) >= 11 is 4.91. The summed E-state index contributed by atoms with van der Waals surface area (Å²) in [6.45, 7) is 6.23. The second-order valence-electron chi connectivity index (χ2n) is 5.15. The van der Waals surface area contributed by atoms with Crippen LogP contribution in [0.2, 0.25) is 0 Å². The van der Waals surface area contributed by atoms with Gasteiger partial charge in [-0.05, 0) is 25.7 Å². The molecule has 1 heterocycles. The van der Waals surface area contributed by atoms with Crippen LogP contribution in [-0.2, 0) is 9.53 Å². The summed E-state index contributed by atoms with van der Waals surface area (Å²) in [6.07, 6.45) is 4.67. The van der Waals surface area contributed by atoms with Gasteiger partial charge < -0.3 is 15.4 Å². The molecule has 4 nitrogen and oxygen atoms in total. The lowest BCUT2D eigenvalue weighted by molar-refractivity contribution is -0.137. The van der Waals surface area contributed by atoms with Crippen molar-refractivity contribution in [3.63, 3.8) is 0 Å². The van der Waals surface area contributed by atoms with Crippen molar-refractivity contribution < 1.29 is 9.53 Å². The van der Waals surface area contributed by atoms with Gasteiger partial charge >= 0.3 is 0 Å². The molecule has 1 atom stereocenters. The van der Waals surface area contributed by atoms with E-state index in [4.69, 9.17) is 22.7 Å². The Hall–Kier alpha value is -0.680. The maximum Gasteiger partial charge on any atom is 0.225 e. The van der Waals surface area contributed by atoms with Crippen LogP contribution in [0.3, 0.4) is 0 Å². The molecular weight excluding hydrogens is 260 g/mol. The molecule has 1 saturated heterocycles. The first kappa shape index (κ1) is 16.4. The highest BCUT2D eigenvalue weighted by Crippen LogP contribution is 2.17. The molecule has 5 heteroatoms. The number of ether oxygens (including phenoxy) is 1. The Balaban J connectivity index is 2.60. The average Bonchev–Trinajstić information content (AvgIpc) is 2.88. The fourth-order valence-electron chi connectivity index (χ4n) is 2.47. The summed E-state index contributed by atoms with van der Waals surface area (Å²) in [5.41, 5.74) is 5.55. The molecule has 0 saturated carbocycles. The molecule has 1 aliphatic rings. The zero-order chi connectivity index (χ0) is 14.3. The molecule has 1 unspecified atom stereocenters. The van der Waals surface area contributed by atoms with E-state index in [-0.39, 0.29) is 17.9 Å². The molecule has 2 N–H and O–H groups in total. The van der Waals surface area contributed by atoms with Crippen molar-refractivity contribution in [2.24, 2.45) is 11.7 Å². The summed E-state index contributed by atoms with van der Waals surface area (Å²) < 4.78 is 5.63. The van der Waals surface area contributed by atoms with E-state index in [1.54, 1.807) is 0 Å². The number of amides is 1. The molecule has 1 fully saturated rings. The molecule has 1 rings (SSSR count). The third-order valence-electron chi connectivity index (χ3n) is 3.72. The largest absolute Gasteiger partial charge is 0.393 e. The van der Waals surface area contributed by atoms with Crippen LogP contribution >= 0.6 is 12.2 Å². The first-order chi connectivity index (χ1) is 9.08. The van der Waals surface area contributed by atoms with Gasteiger partial charge in [0, 0.05) is 32.0 Å². The van der Waals surface area contributed by atoms with Gasteiger partial charge in [-0.3, -0.25) is 4.79 Å². The van der Waals surface area contributed by atoms with Gasteiger partial charge in [0.15, 0.2) is 0 Å². The van der Waals surface area contributed by atoms with E-state index < -0.39 is 0 Å². The molecule has 0 aromatic rings. The summed E-state index contributed by atoms with van der Waals surface area (Å²) in [5, 5.41) is 0. The van der Waals surface area contributed by atoms with Crippen molar-refractivity contribution in [3.8, 4) is 0 Å². The molecule has 110 valence electrons. The van der Waals surface area contributed by atoms with E-state index >= 15 is 0 Å². The Morgan fingerprint density at radius 1 is 1.47 bits per heavy atom. The van der Waals surface area contributed by atoms with Gasteiger partial charge in [-0.1, -0.05) is 26.1 Å². The lowest BCUT2D eigenvalue weighted by atomic mass is 10.0. The number of hydrogen-bond acceptors (Lipinski definition) is 3. The van der Waals surface area contributed by atoms with E-state index in [2.05, 4.69) is 13.8 Å². The van der Waals surface area contributed by atoms with Crippen LogP contribution in [0.1, 0.15) is 46.0 Å². The third-order valence-corrected chi connectivity index (χ3v) is 3.93. The molecular formula is C14H26N2O2S. The summed E-state index contributed by atoms with van der Waals surface area (Å²) in [4.78, 5) is 14.9. The highest BCUT2D eigenvalue weighted by molar-refractivity contribution is 7.80. The van der Waals surface area contributed by atoms with Crippen molar-refractivity contribution in [3.05, 3.63) is 0 Å². The summed E-state index contributed by atoms with van der Waals surface area (Å²) in [5.74, 6) is 0.324. The molecule has 1 amide bonds. The maximum absolute atomic E-state index is 12.5. The Morgan fingerprint density at radius 3 is 2.63 bits per heavy atom. The van der Waals surface area contributed by atoms with Crippen LogP contribution < -0.4 is 5.73 Å². The Bertz CT molecular complexity index is 300. The van der Waals surface area contributed by atoms with Crippen LogP contribution in [0.4, 0.5) is 0 Å². The van der Waals surface area contributed by atoms with Crippen LogP contribution in [0, 0.1) is 5.92 Å². The molecule has 0 spiro atoms. The van der Waals surface area contributed by atoms with Gasteiger partial charge in [0.1, 0.15) is 0 Å². The smallest absolute Gasteiger partial charge is 0.225 e. The fourth-order valence-corrected chi connectivity index (χ4v) is 2.56. The number of hydrogen-bond donors (Lipinski definition) is 1. The number of thiocarbonyl (C=S) groups is 1. The van der Waals surface area contributed by atoms with Crippen molar-refractivity contribution in [1.29, 1.82) is 0 Å². The standard InChI is InChI=1S/C14H26N2O2S/c1-3-11(4-2)14(17)16(8-7-13(15)19)10-12-6-5-9-18-12/h11-12H,3-10H2,1-2H3,(H2,15,19). The van der Waals surface area contributed by atoms with Crippen LogP contribution in [-0.4, -0.2) is 41.6 Å². The summed E-state index contributed by atoms with van der Waals surface area (Å²) in [7, 11) is 0. The summed E-state index contributed by atoms with van der Waals surface area (Å²) in [6, 6.07) is 0. The SMILES string of the molecule is CCC(CC)C(=O)N(CCC(N)=S)CC1CCCO1. The Morgan fingerprint density at radius 2 is 2.16 bits per heavy atom. The minimum absolute atomic E-state index is 0.104. The van der Waals surface area contributed by atoms with Crippen LogP contribution in [0.5, 0.6) is 0 Å². The Labute approximate surface area is 121 Å². The van der Waals surface area contributed by atoms with E-state index in [1.807, 2.05) is 4.90 Å². The second-order valence-corrected chi connectivity index (χ2v) is 5.67. The molecule has 19 heavy (non-hydrogen) atoms. The van der Waals surface area contributed by atoms with E-state index in [9.17, 15) is 4.79 Å². The third kappa shape index (κ3) is 5.45. The monoisotopic (exact) mass is 286 g/mol. The molecule has 0 aromatic carbocycles. The van der Waals surface area contributed by atoms with Crippen molar-refractivity contribution in [2.45, 2.75) is 52.1 Å². The number of nitrogens with zero attached hydrogens (tertiary/aromatic N) is 1. The van der Waals surface area contributed by atoms with Crippen molar-refractivity contribution in [1.82, 2.24) is 4.90 Å². The van der Waals surface area contributed by atoms with E-state index in [1.165, 1.54) is 0 Å². The quantitative estimate of drug-likeness (QED) is 0.694. The molecule has 0 aromatic heterocycles. The van der Waals surface area contributed by atoms with Gasteiger partial charge in [-0.2, -0.15) is 0 Å². The first-order valence-electron chi connectivity index (χ1n) is 7.27. The number of carbonyl (C=O) groups is 1. The normalized spacial score (nSPS) is 18.8. The lowest BCUT2D eigenvalue weighted by Crippen LogP contribution is -2.42. The molecule has 0 aliphatic carbocycles. The van der Waals surface area contributed by atoms with Gasteiger partial charge in [-0.25, -0.2) is 0 Å². The van der Waals surface area contributed by atoms with Gasteiger partial charge in [-0.15, -0.1) is 0 Å². The van der Waals surface area contributed by atoms with Crippen LogP contribution in [0.25, 0.3) is 0 Å². The van der Waals surface area contributed by atoms with Crippen molar-refractivity contribution in [2.75, 3.05) is 19.7 Å². The molecule has 0 bridgehead atoms. The minimum Gasteiger partial charge on any atom is -0.393 e.